The molecule has 2 aromatic carbocycles. The molecule has 1 N–H and O–H groups in total. The number of hydrogen-bond acceptors (Lipinski definition) is 6. The summed E-state index contributed by atoms with van der Waals surface area (Å²) in [5.41, 5.74) is 3.06. The van der Waals surface area contributed by atoms with E-state index in [1.807, 2.05) is 37.8 Å². The lowest BCUT2D eigenvalue weighted by Crippen LogP contribution is -2.62. The lowest BCUT2D eigenvalue weighted by atomic mass is 9.72. The number of carbonyl (C=O) groups is 1. The summed E-state index contributed by atoms with van der Waals surface area (Å²) in [6.07, 6.45) is 7.53. The first-order valence-electron chi connectivity index (χ1n) is 15.1. The summed E-state index contributed by atoms with van der Waals surface area (Å²) in [7, 11) is 0. The molecular formula is C33H44N2O5. The van der Waals surface area contributed by atoms with Crippen LogP contribution < -0.4 is 9.64 Å². The topological polar surface area (TPSA) is 71.5 Å². The molecule has 216 valence electrons. The van der Waals surface area contributed by atoms with Gasteiger partial charge in [-0.15, -0.1) is 0 Å². The highest BCUT2D eigenvalue weighted by molar-refractivity contribution is 5.69. The van der Waals surface area contributed by atoms with Gasteiger partial charge >= 0.3 is 6.09 Å². The molecule has 2 unspecified atom stereocenters. The minimum atomic E-state index is -0.991. The van der Waals surface area contributed by atoms with Gasteiger partial charge in [-0.1, -0.05) is 18.2 Å². The number of anilines is 1. The zero-order chi connectivity index (χ0) is 28.0. The number of rotatable bonds is 4. The van der Waals surface area contributed by atoms with Crippen molar-refractivity contribution in [2.75, 3.05) is 37.7 Å². The lowest BCUT2D eigenvalue weighted by molar-refractivity contribution is -0.105. The van der Waals surface area contributed by atoms with Crippen LogP contribution in [0.1, 0.15) is 82.4 Å². The number of ether oxygens (including phenoxy) is 3. The number of aryl methyl sites for hydroxylation is 1. The number of carbonyl (C=O) groups excluding carboxylic acids is 1. The Balaban J connectivity index is 1.08. The zero-order valence-corrected chi connectivity index (χ0v) is 24.3. The third-order valence-corrected chi connectivity index (χ3v) is 9.15. The van der Waals surface area contributed by atoms with E-state index in [1.165, 1.54) is 5.69 Å². The molecule has 2 atom stereocenters. The Kier molecular flexibility index (Phi) is 7.24. The van der Waals surface area contributed by atoms with Crippen LogP contribution in [0.4, 0.5) is 10.5 Å². The van der Waals surface area contributed by atoms with Gasteiger partial charge in [0.1, 0.15) is 17.0 Å². The predicted molar refractivity (Wildman–Crippen MR) is 155 cm³/mol. The van der Waals surface area contributed by atoms with Crippen LogP contribution in [0.25, 0.3) is 0 Å². The standard InChI is InChI=1S/C33H44N2O5/c1-31(2,3)40-30(36)35-22-32(23-35)16-18-34(19-17-32)26-11-9-25(10-12-26)33(37)15-6-7-24-21-27(13-14-28(24)33)39-29-8-4-5-20-38-29/h9-14,21,29,37H,4-8,15-20,22-23H2,1-3H3. The quantitative estimate of drug-likeness (QED) is 0.505. The molecule has 3 saturated heterocycles. The maximum absolute atomic E-state index is 12.4. The van der Waals surface area contributed by atoms with Crippen molar-refractivity contribution in [3.63, 3.8) is 0 Å². The molecular weight excluding hydrogens is 504 g/mol. The van der Waals surface area contributed by atoms with Crippen molar-refractivity contribution >= 4 is 11.8 Å². The molecule has 0 bridgehead atoms. The van der Waals surface area contributed by atoms with Gasteiger partial charge in [-0.3, -0.25) is 0 Å². The first-order valence-corrected chi connectivity index (χ1v) is 15.1. The van der Waals surface area contributed by atoms with E-state index < -0.39 is 11.2 Å². The summed E-state index contributed by atoms with van der Waals surface area (Å²) < 4.78 is 17.4. The number of likely N-dealkylation sites (tertiary alicyclic amines) is 1. The molecule has 7 heteroatoms. The number of piperidine rings is 1. The second-order valence-corrected chi connectivity index (χ2v) is 13.3. The molecule has 0 saturated carbocycles. The molecule has 40 heavy (non-hydrogen) atoms. The van der Waals surface area contributed by atoms with Crippen LogP contribution in [0.2, 0.25) is 0 Å². The fourth-order valence-corrected chi connectivity index (χ4v) is 6.90. The predicted octanol–water partition coefficient (Wildman–Crippen LogP) is 6.00. The van der Waals surface area contributed by atoms with Crippen LogP contribution in [-0.4, -0.2) is 60.8 Å². The van der Waals surface area contributed by atoms with E-state index in [2.05, 4.69) is 35.2 Å². The Morgan fingerprint density at radius 1 is 1.00 bits per heavy atom. The average molecular weight is 549 g/mol. The SMILES string of the molecule is CC(C)(C)OC(=O)N1CC2(CCN(c3ccc(C4(O)CCCc5cc(OC6CCCCO6)ccc54)cc3)CC2)C1. The molecule has 3 aliphatic heterocycles. The Morgan fingerprint density at radius 3 is 2.42 bits per heavy atom. The number of benzene rings is 2. The minimum Gasteiger partial charge on any atom is -0.465 e. The van der Waals surface area contributed by atoms with Crippen LogP contribution in [0.3, 0.4) is 0 Å². The van der Waals surface area contributed by atoms with Crippen LogP contribution >= 0.6 is 0 Å². The van der Waals surface area contributed by atoms with Gasteiger partial charge in [0.25, 0.3) is 0 Å². The van der Waals surface area contributed by atoms with Crippen molar-refractivity contribution in [1.82, 2.24) is 4.90 Å². The van der Waals surface area contributed by atoms with Crippen molar-refractivity contribution in [2.45, 2.75) is 89.6 Å². The van der Waals surface area contributed by atoms with Crippen molar-refractivity contribution in [3.05, 3.63) is 59.2 Å². The van der Waals surface area contributed by atoms with Crippen molar-refractivity contribution in [3.8, 4) is 5.75 Å². The fraction of sp³-hybridized carbons (Fsp3) is 0.606. The fourth-order valence-electron chi connectivity index (χ4n) is 6.90. The van der Waals surface area contributed by atoms with Gasteiger partial charge in [0.15, 0.2) is 6.29 Å². The molecule has 0 radical (unpaired) electrons. The lowest BCUT2D eigenvalue weighted by Gasteiger charge is -2.54. The Bertz CT molecular complexity index is 1200. The minimum absolute atomic E-state index is 0.167. The molecule has 1 amide bonds. The van der Waals surface area contributed by atoms with Gasteiger partial charge in [0.05, 0.1) is 6.61 Å². The molecule has 1 aliphatic carbocycles. The summed E-state index contributed by atoms with van der Waals surface area (Å²) in [4.78, 5) is 16.7. The summed E-state index contributed by atoms with van der Waals surface area (Å²) in [6, 6.07) is 14.6. The van der Waals surface area contributed by atoms with E-state index >= 15 is 0 Å². The maximum atomic E-state index is 12.4. The van der Waals surface area contributed by atoms with Crippen molar-refractivity contribution in [1.29, 1.82) is 0 Å². The molecule has 7 nitrogen and oxygen atoms in total. The van der Waals surface area contributed by atoms with E-state index in [0.717, 1.165) is 100 Å². The summed E-state index contributed by atoms with van der Waals surface area (Å²) in [5, 5.41) is 11.9. The molecule has 0 aromatic heterocycles. The largest absolute Gasteiger partial charge is 0.465 e. The monoisotopic (exact) mass is 548 g/mol. The molecule has 4 aliphatic rings. The number of amides is 1. The molecule has 3 fully saturated rings. The van der Waals surface area contributed by atoms with E-state index in [1.54, 1.807) is 0 Å². The van der Waals surface area contributed by atoms with Crippen LogP contribution in [0.5, 0.6) is 5.75 Å². The van der Waals surface area contributed by atoms with Crippen LogP contribution in [0.15, 0.2) is 42.5 Å². The first kappa shape index (κ1) is 27.4. The van der Waals surface area contributed by atoms with E-state index in [4.69, 9.17) is 14.2 Å². The number of hydrogen-bond donors (Lipinski definition) is 1. The average Bonchev–Trinajstić information content (AvgIpc) is 2.91. The number of fused-ring (bicyclic) bond motifs is 1. The normalized spacial score (nSPS) is 26.1. The Hall–Kier alpha value is -2.77. The van der Waals surface area contributed by atoms with E-state index in [0.29, 0.717) is 6.42 Å². The molecule has 1 spiro atoms. The summed E-state index contributed by atoms with van der Waals surface area (Å²) in [6.45, 7) is 10.0. The maximum Gasteiger partial charge on any atom is 0.410 e. The van der Waals surface area contributed by atoms with Gasteiger partial charge < -0.3 is 29.1 Å². The molecule has 3 heterocycles. The summed E-state index contributed by atoms with van der Waals surface area (Å²) in [5.74, 6) is 0.828. The second-order valence-electron chi connectivity index (χ2n) is 13.3. The van der Waals surface area contributed by atoms with Crippen molar-refractivity contribution in [2.24, 2.45) is 5.41 Å². The number of nitrogens with zero attached hydrogens (tertiary/aromatic N) is 2. The smallest absolute Gasteiger partial charge is 0.410 e. The third-order valence-electron chi connectivity index (χ3n) is 9.15. The molecule has 2 aromatic rings. The van der Waals surface area contributed by atoms with E-state index in [-0.39, 0.29) is 17.8 Å². The number of aliphatic hydroxyl groups is 1. The highest BCUT2D eigenvalue weighted by Crippen LogP contribution is 2.44. The van der Waals surface area contributed by atoms with Gasteiger partial charge in [-0.25, -0.2) is 4.79 Å². The van der Waals surface area contributed by atoms with Gasteiger partial charge in [-0.05, 0) is 107 Å². The van der Waals surface area contributed by atoms with Gasteiger partial charge in [0, 0.05) is 43.7 Å². The highest BCUT2D eigenvalue weighted by Gasteiger charge is 2.48. The second kappa shape index (κ2) is 10.6. The van der Waals surface area contributed by atoms with Crippen LogP contribution in [0, 0.1) is 5.41 Å². The Morgan fingerprint density at radius 2 is 1.75 bits per heavy atom. The zero-order valence-electron chi connectivity index (χ0n) is 24.3. The first-order chi connectivity index (χ1) is 19.1. The van der Waals surface area contributed by atoms with Crippen molar-refractivity contribution < 1.29 is 24.1 Å². The molecule has 6 rings (SSSR count). The van der Waals surface area contributed by atoms with E-state index in [9.17, 15) is 9.90 Å². The van der Waals surface area contributed by atoms with Gasteiger partial charge in [0.2, 0.25) is 0 Å². The summed E-state index contributed by atoms with van der Waals surface area (Å²) >= 11 is 0. The van der Waals surface area contributed by atoms with Gasteiger partial charge in [-0.2, -0.15) is 0 Å². The Labute approximate surface area is 238 Å². The highest BCUT2D eigenvalue weighted by atomic mass is 16.7. The van der Waals surface area contributed by atoms with Crippen LogP contribution in [-0.2, 0) is 21.5 Å². The third kappa shape index (κ3) is 5.55.